The molecule has 0 aromatic heterocycles. The number of piperazine rings is 1. The highest BCUT2D eigenvalue weighted by Crippen LogP contribution is 2.16. The molecule has 2 aromatic rings. The Bertz CT molecular complexity index is 740. The highest BCUT2D eigenvalue weighted by Gasteiger charge is 2.24. The Morgan fingerprint density at radius 3 is 2.42 bits per heavy atom. The van der Waals surface area contributed by atoms with Crippen LogP contribution in [0.4, 0.5) is 8.78 Å². The molecule has 0 atom stereocenters. The van der Waals surface area contributed by atoms with Crippen LogP contribution in [0, 0.1) is 18.6 Å². The fourth-order valence-corrected chi connectivity index (χ4v) is 2.97. The van der Waals surface area contributed by atoms with Gasteiger partial charge in [-0.25, -0.2) is 8.78 Å². The van der Waals surface area contributed by atoms with E-state index in [1.165, 1.54) is 17.2 Å². The number of hydrogen-bond acceptors (Lipinski definition) is 2. The third-order valence-electron chi connectivity index (χ3n) is 4.48. The summed E-state index contributed by atoms with van der Waals surface area (Å²) >= 11 is 0. The van der Waals surface area contributed by atoms with Gasteiger partial charge in [-0.05, 0) is 30.2 Å². The molecule has 0 aliphatic carbocycles. The Morgan fingerprint density at radius 2 is 1.75 bits per heavy atom. The van der Waals surface area contributed by atoms with Crippen molar-refractivity contribution in [2.24, 2.45) is 0 Å². The number of hydrogen-bond donors (Lipinski definition) is 0. The number of amides is 1. The van der Waals surface area contributed by atoms with E-state index in [1.807, 2.05) is 12.1 Å². The minimum atomic E-state index is -0.803. The lowest BCUT2D eigenvalue weighted by molar-refractivity contribution is 0.0623. The fraction of sp³-hybridized carbons (Fsp3) is 0.316. The van der Waals surface area contributed by atoms with Crippen LogP contribution in [0.2, 0.25) is 0 Å². The SMILES string of the molecule is Cc1ccccc1CN1CCN(C(=O)c2ccc(F)cc2F)CC1. The van der Waals surface area contributed by atoms with Crippen molar-refractivity contribution < 1.29 is 13.6 Å². The molecule has 3 rings (SSSR count). The molecule has 3 nitrogen and oxygen atoms in total. The van der Waals surface area contributed by atoms with Crippen molar-refractivity contribution in [1.29, 1.82) is 0 Å². The molecule has 24 heavy (non-hydrogen) atoms. The molecule has 0 unspecified atom stereocenters. The van der Waals surface area contributed by atoms with E-state index in [4.69, 9.17) is 0 Å². The summed E-state index contributed by atoms with van der Waals surface area (Å²) in [6, 6.07) is 11.3. The second kappa shape index (κ2) is 7.09. The summed E-state index contributed by atoms with van der Waals surface area (Å²) in [6.07, 6.45) is 0. The van der Waals surface area contributed by atoms with Gasteiger partial charge in [0.05, 0.1) is 5.56 Å². The van der Waals surface area contributed by atoms with E-state index in [0.29, 0.717) is 13.1 Å². The second-order valence-corrected chi connectivity index (χ2v) is 6.12. The van der Waals surface area contributed by atoms with E-state index < -0.39 is 11.6 Å². The van der Waals surface area contributed by atoms with Gasteiger partial charge in [0.1, 0.15) is 11.6 Å². The molecule has 1 aliphatic rings. The lowest BCUT2D eigenvalue weighted by atomic mass is 10.1. The predicted octanol–water partition coefficient (Wildman–Crippen LogP) is 3.23. The van der Waals surface area contributed by atoms with Crippen LogP contribution in [0.25, 0.3) is 0 Å². The lowest BCUT2D eigenvalue weighted by Gasteiger charge is -2.35. The molecule has 0 bridgehead atoms. The van der Waals surface area contributed by atoms with Gasteiger partial charge in [-0.1, -0.05) is 24.3 Å². The summed E-state index contributed by atoms with van der Waals surface area (Å²) < 4.78 is 26.7. The van der Waals surface area contributed by atoms with E-state index in [1.54, 1.807) is 4.90 Å². The van der Waals surface area contributed by atoms with E-state index in [0.717, 1.165) is 31.8 Å². The number of benzene rings is 2. The lowest BCUT2D eigenvalue weighted by Crippen LogP contribution is -2.48. The van der Waals surface area contributed by atoms with Gasteiger partial charge in [-0.2, -0.15) is 0 Å². The van der Waals surface area contributed by atoms with E-state index in [-0.39, 0.29) is 11.5 Å². The van der Waals surface area contributed by atoms with Gasteiger partial charge in [-0.3, -0.25) is 9.69 Å². The number of aryl methyl sites for hydroxylation is 1. The highest BCUT2D eigenvalue weighted by atomic mass is 19.1. The first kappa shape index (κ1) is 16.6. The van der Waals surface area contributed by atoms with Crippen LogP contribution in [0.1, 0.15) is 21.5 Å². The normalized spacial score (nSPS) is 15.5. The molecule has 0 N–H and O–H groups in total. The smallest absolute Gasteiger partial charge is 0.256 e. The average molecular weight is 330 g/mol. The van der Waals surface area contributed by atoms with Gasteiger partial charge in [0.25, 0.3) is 5.91 Å². The zero-order valence-electron chi connectivity index (χ0n) is 13.6. The molecule has 1 amide bonds. The van der Waals surface area contributed by atoms with Crippen LogP contribution in [0.15, 0.2) is 42.5 Å². The number of nitrogens with zero attached hydrogens (tertiary/aromatic N) is 2. The molecular weight excluding hydrogens is 310 g/mol. The van der Waals surface area contributed by atoms with Crippen molar-refractivity contribution in [2.45, 2.75) is 13.5 Å². The van der Waals surface area contributed by atoms with Crippen LogP contribution in [-0.2, 0) is 6.54 Å². The van der Waals surface area contributed by atoms with Gasteiger partial charge >= 0.3 is 0 Å². The third kappa shape index (κ3) is 3.62. The number of halogens is 2. The third-order valence-corrected chi connectivity index (χ3v) is 4.48. The summed E-state index contributed by atoms with van der Waals surface area (Å²) in [6.45, 7) is 5.50. The second-order valence-electron chi connectivity index (χ2n) is 6.12. The summed E-state index contributed by atoms with van der Waals surface area (Å²) in [4.78, 5) is 16.3. The topological polar surface area (TPSA) is 23.6 Å². The Labute approximate surface area is 140 Å². The highest BCUT2D eigenvalue weighted by molar-refractivity contribution is 5.94. The average Bonchev–Trinajstić information content (AvgIpc) is 2.57. The first-order valence-corrected chi connectivity index (χ1v) is 8.06. The van der Waals surface area contributed by atoms with Crippen molar-refractivity contribution in [3.8, 4) is 0 Å². The van der Waals surface area contributed by atoms with Crippen LogP contribution in [-0.4, -0.2) is 41.9 Å². The maximum atomic E-state index is 13.8. The molecule has 1 saturated heterocycles. The zero-order valence-corrected chi connectivity index (χ0v) is 13.6. The molecule has 0 radical (unpaired) electrons. The summed E-state index contributed by atoms with van der Waals surface area (Å²) in [5, 5.41) is 0. The Kier molecular flexibility index (Phi) is 4.90. The minimum Gasteiger partial charge on any atom is -0.336 e. The molecule has 2 aromatic carbocycles. The quantitative estimate of drug-likeness (QED) is 0.863. The Balaban J connectivity index is 1.60. The van der Waals surface area contributed by atoms with Crippen molar-refractivity contribution in [3.63, 3.8) is 0 Å². The van der Waals surface area contributed by atoms with Gasteiger partial charge in [-0.15, -0.1) is 0 Å². The first-order chi connectivity index (χ1) is 11.5. The van der Waals surface area contributed by atoms with Crippen molar-refractivity contribution >= 4 is 5.91 Å². The molecule has 126 valence electrons. The molecule has 0 saturated carbocycles. The molecular formula is C19H20F2N2O. The fourth-order valence-electron chi connectivity index (χ4n) is 2.97. The van der Waals surface area contributed by atoms with Crippen LogP contribution >= 0.6 is 0 Å². The molecule has 1 aliphatic heterocycles. The maximum Gasteiger partial charge on any atom is 0.256 e. The number of carbonyl (C=O) groups excluding carboxylic acids is 1. The molecule has 5 heteroatoms. The summed E-state index contributed by atoms with van der Waals surface area (Å²) in [7, 11) is 0. The van der Waals surface area contributed by atoms with Crippen molar-refractivity contribution in [3.05, 3.63) is 70.8 Å². The van der Waals surface area contributed by atoms with Gasteiger partial charge in [0, 0.05) is 38.8 Å². The standard InChI is InChI=1S/C19H20F2N2O/c1-14-4-2-3-5-15(14)13-22-8-10-23(11-9-22)19(24)17-7-6-16(20)12-18(17)21/h2-7,12H,8-11,13H2,1H3. The Hall–Kier alpha value is -2.27. The van der Waals surface area contributed by atoms with Crippen LogP contribution in [0.5, 0.6) is 0 Å². The first-order valence-electron chi connectivity index (χ1n) is 8.06. The van der Waals surface area contributed by atoms with Gasteiger partial charge < -0.3 is 4.90 Å². The predicted molar refractivity (Wildman–Crippen MR) is 88.7 cm³/mol. The molecule has 1 fully saturated rings. The van der Waals surface area contributed by atoms with E-state index in [2.05, 4.69) is 24.0 Å². The van der Waals surface area contributed by atoms with E-state index in [9.17, 15) is 13.6 Å². The summed E-state index contributed by atoms with van der Waals surface area (Å²) in [5.74, 6) is -1.85. The zero-order chi connectivity index (χ0) is 17.1. The van der Waals surface area contributed by atoms with Crippen molar-refractivity contribution in [2.75, 3.05) is 26.2 Å². The van der Waals surface area contributed by atoms with Crippen LogP contribution in [0.3, 0.4) is 0 Å². The van der Waals surface area contributed by atoms with Crippen molar-refractivity contribution in [1.82, 2.24) is 9.80 Å². The largest absolute Gasteiger partial charge is 0.336 e. The maximum absolute atomic E-state index is 13.8. The minimum absolute atomic E-state index is 0.0660. The molecule has 0 spiro atoms. The molecule has 1 heterocycles. The van der Waals surface area contributed by atoms with Crippen LogP contribution < -0.4 is 0 Å². The summed E-state index contributed by atoms with van der Waals surface area (Å²) in [5.41, 5.74) is 2.47. The number of carbonyl (C=O) groups is 1. The Morgan fingerprint density at radius 1 is 1.04 bits per heavy atom. The monoisotopic (exact) mass is 330 g/mol. The number of rotatable bonds is 3. The van der Waals surface area contributed by atoms with E-state index >= 15 is 0 Å². The van der Waals surface area contributed by atoms with Gasteiger partial charge in [0.15, 0.2) is 0 Å². The van der Waals surface area contributed by atoms with Gasteiger partial charge in [0.2, 0.25) is 0 Å².